The van der Waals surface area contributed by atoms with Crippen LogP contribution in [-0.4, -0.2) is 25.0 Å². The fourth-order valence-corrected chi connectivity index (χ4v) is 3.95. The van der Waals surface area contributed by atoms with E-state index in [-0.39, 0.29) is 5.91 Å². The van der Waals surface area contributed by atoms with E-state index in [0.29, 0.717) is 18.6 Å². The maximum atomic E-state index is 12.8. The number of esters is 1. The molecule has 0 heterocycles. The zero-order chi connectivity index (χ0) is 25.3. The van der Waals surface area contributed by atoms with Crippen molar-refractivity contribution in [3.63, 3.8) is 0 Å². The van der Waals surface area contributed by atoms with Gasteiger partial charge in [-0.15, -0.1) is 0 Å². The third-order valence-electron chi connectivity index (χ3n) is 5.90. The van der Waals surface area contributed by atoms with Gasteiger partial charge < -0.3 is 14.8 Å². The minimum atomic E-state index is -0.767. The summed E-state index contributed by atoms with van der Waals surface area (Å²) in [5.74, 6) is -0.00942. The minimum absolute atomic E-state index is 0.326. The average Bonchev–Trinajstić information content (AvgIpc) is 2.92. The van der Waals surface area contributed by atoms with E-state index in [1.807, 2.05) is 78.9 Å². The van der Waals surface area contributed by atoms with Gasteiger partial charge in [0, 0.05) is 12.0 Å². The van der Waals surface area contributed by atoms with Crippen LogP contribution in [0.25, 0.3) is 11.1 Å². The van der Waals surface area contributed by atoms with Gasteiger partial charge in [-0.05, 0) is 53.4 Å². The van der Waals surface area contributed by atoms with E-state index >= 15 is 0 Å². The molecule has 0 aromatic heterocycles. The van der Waals surface area contributed by atoms with E-state index in [1.54, 1.807) is 12.1 Å². The molecule has 0 bridgehead atoms. The first kappa shape index (κ1) is 24.7. The molecular weight excluding hydrogens is 450 g/mol. The Kier molecular flexibility index (Phi) is 8.14. The van der Waals surface area contributed by atoms with Gasteiger partial charge in [-0.2, -0.15) is 0 Å². The summed E-state index contributed by atoms with van der Waals surface area (Å²) >= 11 is 0. The molecule has 4 aromatic rings. The molecule has 4 aromatic carbocycles. The molecule has 5 heteroatoms. The summed E-state index contributed by atoms with van der Waals surface area (Å²) in [5, 5.41) is 2.80. The molecule has 182 valence electrons. The van der Waals surface area contributed by atoms with Crippen LogP contribution in [0.15, 0.2) is 103 Å². The molecule has 1 unspecified atom stereocenters. The summed E-state index contributed by atoms with van der Waals surface area (Å²) in [6, 6.07) is 32.2. The second kappa shape index (κ2) is 11.8. The molecule has 36 heavy (non-hydrogen) atoms. The topological polar surface area (TPSA) is 64.6 Å². The van der Waals surface area contributed by atoms with Gasteiger partial charge in [0.25, 0.3) is 5.91 Å². The monoisotopic (exact) mass is 479 g/mol. The van der Waals surface area contributed by atoms with Crippen LogP contribution in [0.5, 0.6) is 5.75 Å². The van der Waals surface area contributed by atoms with Crippen LogP contribution >= 0.6 is 0 Å². The number of aryl methyl sites for hydroxylation is 1. The Bertz CT molecular complexity index is 1300. The van der Waals surface area contributed by atoms with E-state index in [9.17, 15) is 9.59 Å². The fraction of sp³-hybridized carbons (Fsp3) is 0.161. The maximum Gasteiger partial charge on any atom is 0.328 e. The van der Waals surface area contributed by atoms with Crippen LogP contribution in [0.1, 0.15) is 27.0 Å². The Morgan fingerprint density at radius 2 is 1.42 bits per heavy atom. The molecule has 5 nitrogen and oxygen atoms in total. The molecule has 0 aliphatic rings. The van der Waals surface area contributed by atoms with Crippen LogP contribution < -0.4 is 10.1 Å². The van der Waals surface area contributed by atoms with E-state index < -0.39 is 12.0 Å². The number of amides is 1. The third kappa shape index (κ3) is 6.60. The van der Waals surface area contributed by atoms with Crippen molar-refractivity contribution in [2.45, 2.75) is 26.0 Å². The number of nitrogens with one attached hydrogen (secondary N) is 1. The van der Waals surface area contributed by atoms with Crippen molar-refractivity contribution in [3.8, 4) is 16.9 Å². The number of benzene rings is 4. The van der Waals surface area contributed by atoms with Gasteiger partial charge in [-0.3, -0.25) is 4.79 Å². The molecule has 0 aliphatic heterocycles. The molecule has 0 spiro atoms. The first-order chi connectivity index (χ1) is 17.5. The van der Waals surface area contributed by atoms with Crippen LogP contribution in [0.2, 0.25) is 0 Å². The van der Waals surface area contributed by atoms with Gasteiger partial charge >= 0.3 is 5.97 Å². The minimum Gasteiger partial charge on any atom is -0.489 e. The number of carbonyl (C=O) groups excluding carboxylic acids is 2. The van der Waals surface area contributed by atoms with E-state index in [0.717, 1.165) is 28.0 Å². The molecule has 1 N–H and O–H groups in total. The molecule has 0 radical (unpaired) electrons. The van der Waals surface area contributed by atoms with Crippen LogP contribution in [0, 0.1) is 6.92 Å². The highest BCUT2D eigenvalue weighted by Gasteiger charge is 2.22. The highest BCUT2D eigenvalue weighted by molar-refractivity contribution is 5.97. The number of methoxy groups -OCH3 is 1. The van der Waals surface area contributed by atoms with Crippen LogP contribution in [0.4, 0.5) is 0 Å². The number of hydrogen-bond acceptors (Lipinski definition) is 4. The quantitative estimate of drug-likeness (QED) is 0.310. The number of carbonyl (C=O) groups is 2. The zero-order valence-electron chi connectivity index (χ0n) is 20.4. The van der Waals surface area contributed by atoms with Crippen molar-refractivity contribution in [1.82, 2.24) is 5.32 Å². The lowest BCUT2D eigenvalue weighted by Gasteiger charge is -2.17. The maximum absolute atomic E-state index is 12.8. The van der Waals surface area contributed by atoms with E-state index in [4.69, 9.17) is 9.47 Å². The standard InChI is InChI=1S/C31H29NO4/c1-22-7-6-10-24(19-22)21-36-28-17-15-26(16-18-28)25-11-13-27(14-12-25)30(33)32-29(31(34)35-2)20-23-8-4-3-5-9-23/h3-19,29H,20-21H2,1-2H3,(H,32,33). The number of hydrogen-bond donors (Lipinski definition) is 1. The Morgan fingerprint density at radius 3 is 2.06 bits per heavy atom. The largest absolute Gasteiger partial charge is 0.489 e. The van der Waals surface area contributed by atoms with Crippen molar-refractivity contribution in [2.24, 2.45) is 0 Å². The van der Waals surface area contributed by atoms with Gasteiger partial charge in [0.05, 0.1) is 7.11 Å². The Labute approximate surface area is 211 Å². The predicted molar refractivity (Wildman–Crippen MR) is 141 cm³/mol. The molecule has 0 aliphatic carbocycles. The third-order valence-corrected chi connectivity index (χ3v) is 5.90. The first-order valence-electron chi connectivity index (χ1n) is 11.8. The van der Waals surface area contributed by atoms with Gasteiger partial charge in [-0.1, -0.05) is 84.4 Å². The molecular formula is C31H29NO4. The first-order valence-corrected chi connectivity index (χ1v) is 11.8. The molecule has 0 saturated heterocycles. The highest BCUT2D eigenvalue weighted by atomic mass is 16.5. The summed E-state index contributed by atoms with van der Waals surface area (Å²) < 4.78 is 10.8. The molecule has 1 amide bonds. The fourth-order valence-electron chi connectivity index (χ4n) is 3.95. The normalized spacial score (nSPS) is 11.4. The van der Waals surface area contributed by atoms with Crippen molar-refractivity contribution in [2.75, 3.05) is 7.11 Å². The predicted octanol–water partition coefficient (Wildman–Crippen LogP) is 5.76. The number of rotatable bonds is 9. The molecule has 0 saturated carbocycles. The molecule has 0 fully saturated rings. The second-order valence-corrected chi connectivity index (χ2v) is 8.62. The number of ether oxygens (including phenoxy) is 2. The smallest absolute Gasteiger partial charge is 0.328 e. The lowest BCUT2D eigenvalue weighted by Crippen LogP contribution is -2.43. The van der Waals surface area contributed by atoms with Crippen LogP contribution in [-0.2, 0) is 22.6 Å². The van der Waals surface area contributed by atoms with Gasteiger partial charge in [-0.25, -0.2) is 4.79 Å². The van der Waals surface area contributed by atoms with Crippen molar-refractivity contribution in [3.05, 3.63) is 125 Å². The summed E-state index contributed by atoms with van der Waals surface area (Å²) in [6.45, 7) is 2.58. The van der Waals surface area contributed by atoms with Crippen LogP contribution in [0.3, 0.4) is 0 Å². The van der Waals surface area contributed by atoms with Crippen molar-refractivity contribution < 1.29 is 19.1 Å². The zero-order valence-corrected chi connectivity index (χ0v) is 20.4. The molecule has 1 atom stereocenters. The summed E-state index contributed by atoms with van der Waals surface area (Å²) in [5.41, 5.74) is 5.74. The van der Waals surface area contributed by atoms with Gasteiger partial charge in [0.2, 0.25) is 0 Å². The second-order valence-electron chi connectivity index (χ2n) is 8.62. The Hall–Kier alpha value is -4.38. The summed E-state index contributed by atoms with van der Waals surface area (Å²) in [6.07, 6.45) is 0.357. The Morgan fingerprint density at radius 1 is 0.778 bits per heavy atom. The highest BCUT2D eigenvalue weighted by Crippen LogP contribution is 2.23. The summed E-state index contributed by atoms with van der Waals surface area (Å²) in [4.78, 5) is 25.1. The van der Waals surface area contributed by atoms with Gasteiger partial charge in [0.15, 0.2) is 0 Å². The van der Waals surface area contributed by atoms with Crippen molar-refractivity contribution >= 4 is 11.9 Å². The average molecular weight is 480 g/mol. The van der Waals surface area contributed by atoms with Crippen molar-refractivity contribution in [1.29, 1.82) is 0 Å². The van der Waals surface area contributed by atoms with Gasteiger partial charge in [0.1, 0.15) is 18.4 Å². The van der Waals surface area contributed by atoms with E-state index in [1.165, 1.54) is 12.7 Å². The SMILES string of the molecule is COC(=O)C(Cc1ccccc1)NC(=O)c1ccc(-c2ccc(OCc3cccc(C)c3)cc2)cc1. The lowest BCUT2D eigenvalue weighted by atomic mass is 10.0. The Balaban J connectivity index is 1.38. The molecule has 4 rings (SSSR count). The van der Waals surface area contributed by atoms with E-state index in [2.05, 4.69) is 24.4 Å². The lowest BCUT2D eigenvalue weighted by molar-refractivity contribution is -0.142. The summed E-state index contributed by atoms with van der Waals surface area (Å²) in [7, 11) is 1.32.